The van der Waals surface area contributed by atoms with Crippen LogP contribution >= 0.6 is 0 Å². The van der Waals surface area contributed by atoms with Gasteiger partial charge in [-0.15, -0.1) is 0 Å². The van der Waals surface area contributed by atoms with Gasteiger partial charge in [-0.25, -0.2) is 8.42 Å². The molecule has 2 unspecified atom stereocenters. The molecular formula is C11H16N2O4S. The van der Waals surface area contributed by atoms with Crippen LogP contribution in [0.1, 0.15) is 19.8 Å². The van der Waals surface area contributed by atoms with E-state index in [1.165, 1.54) is 11.0 Å². The molecule has 2 amide bonds. The normalized spacial score (nSPS) is 30.4. The summed E-state index contributed by atoms with van der Waals surface area (Å²) in [6.07, 6.45) is 2.36. The summed E-state index contributed by atoms with van der Waals surface area (Å²) < 4.78 is 22.5. The van der Waals surface area contributed by atoms with E-state index in [4.69, 9.17) is 0 Å². The van der Waals surface area contributed by atoms with Crippen molar-refractivity contribution in [3.05, 3.63) is 11.5 Å². The Morgan fingerprint density at radius 2 is 2.17 bits per heavy atom. The Morgan fingerprint density at radius 3 is 2.72 bits per heavy atom. The highest BCUT2D eigenvalue weighted by Gasteiger charge is 2.39. The lowest BCUT2D eigenvalue weighted by atomic mass is 10.2. The maximum atomic E-state index is 11.9. The summed E-state index contributed by atoms with van der Waals surface area (Å²) in [6.45, 7) is 2.32. The third kappa shape index (κ3) is 2.62. The van der Waals surface area contributed by atoms with E-state index in [1.807, 2.05) is 6.92 Å². The number of carbonyl (C=O) groups excluding carboxylic acids is 2. The molecule has 1 N–H and O–H groups in total. The van der Waals surface area contributed by atoms with Gasteiger partial charge in [0.1, 0.15) is 0 Å². The van der Waals surface area contributed by atoms with Crippen LogP contribution in [-0.2, 0) is 19.4 Å². The van der Waals surface area contributed by atoms with Gasteiger partial charge in [0, 0.05) is 18.0 Å². The zero-order valence-corrected chi connectivity index (χ0v) is 10.9. The molecule has 2 atom stereocenters. The Hall–Kier alpha value is -1.21. The van der Waals surface area contributed by atoms with Gasteiger partial charge in [0.2, 0.25) is 11.8 Å². The lowest BCUT2D eigenvalue weighted by Gasteiger charge is -2.16. The first-order chi connectivity index (χ1) is 8.43. The zero-order valence-electron chi connectivity index (χ0n) is 10.1. The predicted molar refractivity (Wildman–Crippen MR) is 65.3 cm³/mol. The van der Waals surface area contributed by atoms with Crippen molar-refractivity contribution >= 4 is 21.7 Å². The van der Waals surface area contributed by atoms with Crippen LogP contribution in [0.5, 0.6) is 0 Å². The molecule has 0 aromatic heterocycles. The second kappa shape index (κ2) is 4.81. The van der Waals surface area contributed by atoms with Crippen LogP contribution in [0.25, 0.3) is 0 Å². The minimum Gasteiger partial charge on any atom is -0.298 e. The molecule has 7 heteroatoms. The number of hydrogen-bond acceptors (Lipinski definition) is 5. The van der Waals surface area contributed by atoms with Crippen LogP contribution in [-0.4, -0.2) is 49.5 Å². The number of rotatable bonds is 4. The summed E-state index contributed by atoms with van der Waals surface area (Å²) in [7, 11) is -3.14. The smallest absolute Gasteiger partial charge is 0.246 e. The first kappa shape index (κ1) is 13.2. The van der Waals surface area contributed by atoms with Crippen LogP contribution in [0.3, 0.4) is 0 Å². The minimum atomic E-state index is -3.14. The van der Waals surface area contributed by atoms with Gasteiger partial charge >= 0.3 is 0 Å². The van der Waals surface area contributed by atoms with Gasteiger partial charge in [0.25, 0.3) is 0 Å². The Morgan fingerprint density at radius 1 is 1.44 bits per heavy atom. The Bertz CT molecular complexity index is 497. The van der Waals surface area contributed by atoms with E-state index in [2.05, 4.69) is 5.32 Å². The van der Waals surface area contributed by atoms with Gasteiger partial charge in [-0.05, 0) is 6.42 Å². The van der Waals surface area contributed by atoms with Gasteiger partial charge in [0.05, 0.1) is 18.2 Å². The molecule has 0 aromatic carbocycles. The highest BCUT2D eigenvalue weighted by Crippen LogP contribution is 2.16. The number of amides is 2. The van der Waals surface area contributed by atoms with E-state index in [-0.39, 0.29) is 30.0 Å². The van der Waals surface area contributed by atoms with Crippen molar-refractivity contribution in [1.82, 2.24) is 10.2 Å². The maximum absolute atomic E-state index is 11.9. The van der Waals surface area contributed by atoms with E-state index in [0.717, 1.165) is 11.8 Å². The van der Waals surface area contributed by atoms with Crippen molar-refractivity contribution in [2.45, 2.75) is 31.8 Å². The van der Waals surface area contributed by atoms with Gasteiger partial charge in [-0.3, -0.25) is 19.8 Å². The number of likely N-dealkylation sites (tertiary alicyclic amines) is 1. The lowest BCUT2D eigenvalue weighted by molar-refractivity contribution is -0.138. The SMILES string of the molecule is CCCN1C(=O)CC(NC2C=CS(=O)(=O)C2)C1=O. The number of nitrogens with one attached hydrogen (secondary N) is 1. The molecule has 2 heterocycles. The van der Waals surface area contributed by atoms with Crippen molar-refractivity contribution in [1.29, 1.82) is 0 Å². The Kier molecular flexibility index (Phi) is 3.54. The highest BCUT2D eigenvalue weighted by atomic mass is 32.2. The monoisotopic (exact) mass is 272 g/mol. The van der Waals surface area contributed by atoms with Gasteiger partial charge in [-0.2, -0.15) is 0 Å². The molecule has 1 saturated heterocycles. The van der Waals surface area contributed by atoms with Crippen LogP contribution in [0.4, 0.5) is 0 Å². The molecule has 0 aliphatic carbocycles. The van der Waals surface area contributed by atoms with E-state index >= 15 is 0 Å². The van der Waals surface area contributed by atoms with Crippen LogP contribution < -0.4 is 5.32 Å². The Labute approximate surface area is 106 Å². The fraction of sp³-hybridized carbons (Fsp3) is 0.636. The second-order valence-electron chi connectivity index (χ2n) is 4.57. The zero-order chi connectivity index (χ0) is 13.3. The summed E-state index contributed by atoms with van der Waals surface area (Å²) in [5, 5.41) is 4.07. The lowest BCUT2D eigenvalue weighted by Crippen LogP contribution is -2.44. The molecule has 18 heavy (non-hydrogen) atoms. The molecule has 0 radical (unpaired) electrons. The van der Waals surface area contributed by atoms with E-state index < -0.39 is 15.9 Å². The number of imide groups is 1. The van der Waals surface area contributed by atoms with Gasteiger partial charge in [-0.1, -0.05) is 13.0 Å². The predicted octanol–water partition coefficient (Wildman–Crippen LogP) is -0.576. The average molecular weight is 272 g/mol. The largest absolute Gasteiger partial charge is 0.298 e. The van der Waals surface area contributed by atoms with Crippen molar-refractivity contribution in [3.8, 4) is 0 Å². The molecule has 2 aliphatic rings. The van der Waals surface area contributed by atoms with Crippen LogP contribution in [0.15, 0.2) is 11.5 Å². The van der Waals surface area contributed by atoms with Crippen molar-refractivity contribution < 1.29 is 18.0 Å². The number of nitrogens with zero attached hydrogens (tertiary/aromatic N) is 1. The van der Waals surface area contributed by atoms with Gasteiger partial charge in [0.15, 0.2) is 9.84 Å². The quantitative estimate of drug-likeness (QED) is 0.693. The number of sulfone groups is 1. The summed E-state index contributed by atoms with van der Waals surface area (Å²) in [4.78, 5) is 24.8. The minimum absolute atomic E-state index is 0.0429. The highest BCUT2D eigenvalue weighted by molar-refractivity contribution is 7.94. The van der Waals surface area contributed by atoms with Crippen LogP contribution in [0.2, 0.25) is 0 Å². The first-order valence-electron chi connectivity index (χ1n) is 5.94. The van der Waals surface area contributed by atoms with E-state index in [9.17, 15) is 18.0 Å². The average Bonchev–Trinajstić information content (AvgIpc) is 2.74. The third-order valence-electron chi connectivity index (χ3n) is 3.04. The summed E-state index contributed by atoms with van der Waals surface area (Å²) in [6, 6.07) is -0.967. The topological polar surface area (TPSA) is 83.6 Å². The summed E-state index contributed by atoms with van der Waals surface area (Å²) in [5.41, 5.74) is 0. The van der Waals surface area contributed by atoms with E-state index in [0.29, 0.717) is 6.54 Å². The molecule has 0 saturated carbocycles. The first-order valence-corrected chi connectivity index (χ1v) is 7.65. The Balaban J connectivity index is 1.98. The fourth-order valence-corrected chi connectivity index (χ4v) is 3.46. The summed E-state index contributed by atoms with van der Waals surface area (Å²) >= 11 is 0. The molecule has 2 rings (SSSR count). The second-order valence-corrected chi connectivity index (χ2v) is 6.50. The molecule has 6 nitrogen and oxygen atoms in total. The van der Waals surface area contributed by atoms with Crippen molar-refractivity contribution in [2.24, 2.45) is 0 Å². The number of hydrogen-bond donors (Lipinski definition) is 1. The molecule has 0 aromatic rings. The van der Waals surface area contributed by atoms with E-state index in [1.54, 1.807) is 0 Å². The standard InChI is InChI=1S/C11H16N2O4S/c1-2-4-13-10(14)6-9(11(13)15)12-8-3-5-18(16,17)7-8/h3,5,8-9,12H,2,4,6-7H2,1H3. The summed E-state index contributed by atoms with van der Waals surface area (Å²) in [5.74, 6) is -0.484. The number of carbonyl (C=O) groups is 2. The van der Waals surface area contributed by atoms with Crippen molar-refractivity contribution in [3.63, 3.8) is 0 Å². The molecular weight excluding hydrogens is 256 g/mol. The fourth-order valence-electron chi connectivity index (χ4n) is 2.21. The molecule has 0 spiro atoms. The molecule has 0 bridgehead atoms. The molecule has 2 aliphatic heterocycles. The van der Waals surface area contributed by atoms with Crippen molar-refractivity contribution in [2.75, 3.05) is 12.3 Å². The van der Waals surface area contributed by atoms with Crippen LogP contribution in [0, 0.1) is 0 Å². The van der Waals surface area contributed by atoms with Gasteiger partial charge < -0.3 is 0 Å². The molecule has 1 fully saturated rings. The third-order valence-corrected chi connectivity index (χ3v) is 4.43. The maximum Gasteiger partial charge on any atom is 0.246 e. The molecule has 100 valence electrons.